The second-order valence-electron chi connectivity index (χ2n) is 15.3. The number of unbranched alkanes of at least 4 members (excludes halogenated alkanes) is 15. The van der Waals surface area contributed by atoms with Crippen molar-refractivity contribution in [3.05, 3.63) is 29.6 Å². The highest BCUT2D eigenvalue weighted by molar-refractivity contribution is 5.96. The molecule has 0 fully saturated rings. The van der Waals surface area contributed by atoms with Crippen molar-refractivity contribution in [2.24, 2.45) is 17.8 Å². The lowest BCUT2D eigenvalue weighted by Crippen LogP contribution is -2.29. The fourth-order valence-electron chi connectivity index (χ4n) is 6.57. The molecular weight excluding hydrogens is 635 g/mol. The van der Waals surface area contributed by atoms with Crippen LogP contribution in [-0.4, -0.2) is 56.3 Å². The molecule has 0 spiro atoms. The monoisotopic (exact) mass is 716 g/mol. The smallest absolute Gasteiger partial charge is 0.269 e. The summed E-state index contributed by atoms with van der Waals surface area (Å²) in [5, 5.41) is 5.86. The molecule has 3 atom stereocenters. The van der Waals surface area contributed by atoms with E-state index in [4.69, 9.17) is 9.47 Å². The van der Waals surface area contributed by atoms with Gasteiger partial charge in [-0.15, -0.1) is 0 Å². The van der Waals surface area contributed by atoms with Crippen molar-refractivity contribution in [3.63, 3.8) is 0 Å². The fraction of sp³-hybridized carbons (Fsp3) is 0.841. The minimum absolute atomic E-state index is 0.255. The van der Waals surface area contributed by atoms with E-state index in [1.165, 1.54) is 135 Å². The lowest BCUT2D eigenvalue weighted by atomic mass is 9.91. The maximum Gasteiger partial charge on any atom is 0.269 e. The number of pyridine rings is 1. The Morgan fingerprint density at radius 3 is 1.45 bits per heavy atom. The molecule has 3 unspecified atom stereocenters. The average Bonchev–Trinajstić information content (AvgIpc) is 3.14. The molecule has 2 N–H and O–H groups in total. The van der Waals surface area contributed by atoms with Crippen LogP contribution in [0.5, 0.6) is 0 Å². The first-order valence-corrected chi connectivity index (χ1v) is 21.6. The molecule has 0 aliphatic carbocycles. The Bertz CT molecular complexity index is 958. The molecular formula is C44H81N3O4. The number of nitrogens with zero attached hydrogens (tertiary/aromatic N) is 1. The fourth-order valence-corrected chi connectivity index (χ4v) is 6.57. The van der Waals surface area contributed by atoms with E-state index in [-0.39, 0.29) is 23.2 Å². The number of nitrogens with one attached hydrogen (secondary N) is 2. The predicted molar refractivity (Wildman–Crippen MR) is 216 cm³/mol. The van der Waals surface area contributed by atoms with Crippen molar-refractivity contribution in [2.45, 2.75) is 182 Å². The lowest BCUT2D eigenvalue weighted by molar-refractivity contribution is 0.0808. The molecule has 1 aromatic heterocycles. The van der Waals surface area contributed by atoms with E-state index in [1.54, 1.807) is 18.2 Å². The van der Waals surface area contributed by atoms with Gasteiger partial charge >= 0.3 is 0 Å². The second-order valence-corrected chi connectivity index (χ2v) is 15.3. The molecule has 7 nitrogen and oxygen atoms in total. The Morgan fingerprint density at radius 2 is 0.961 bits per heavy atom. The van der Waals surface area contributed by atoms with Crippen molar-refractivity contribution in [1.82, 2.24) is 15.6 Å². The first-order valence-electron chi connectivity index (χ1n) is 21.6. The third kappa shape index (κ3) is 26.4. The summed E-state index contributed by atoms with van der Waals surface area (Å²) in [7, 11) is 0. The van der Waals surface area contributed by atoms with E-state index in [0.29, 0.717) is 44.1 Å². The van der Waals surface area contributed by atoms with Gasteiger partial charge < -0.3 is 20.1 Å². The van der Waals surface area contributed by atoms with Crippen LogP contribution >= 0.6 is 0 Å². The molecule has 1 aromatic rings. The van der Waals surface area contributed by atoms with E-state index in [0.717, 1.165) is 26.1 Å². The summed E-state index contributed by atoms with van der Waals surface area (Å²) in [6.07, 6.45) is 29.4. The number of amides is 2. The number of hydrogen-bond acceptors (Lipinski definition) is 5. The highest BCUT2D eigenvalue weighted by Gasteiger charge is 2.14. The summed E-state index contributed by atoms with van der Waals surface area (Å²) < 4.78 is 12.0. The van der Waals surface area contributed by atoms with Crippen LogP contribution in [0.2, 0.25) is 0 Å². The summed E-state index contributed by atoms with van der Waals surface area (Å²) in [6.45, 7) is 15.3. The molecule has 1 rings (SSSR count). The predicted octanol–water partition coefficient (Wildman–Crippen LogP) is 11.5. The Hall–Kier alpha value is -1.99. The first kappa shape index (κ1) is 47.0. The summed E-state index contributed by atoms with van der Waals surface area (Å²) in [4.78, 5) is 29.8. The van der Waals surface area contributed by atoms with Gasteiger partial charge in [0.15, 0.2) is 0 Å². The van der Waals surface area contributed by atoms with Gasteiger partial charge in [0.2, 0.25) is 0 Å². The molecule has 0 saturated carbocycles. The van der Waals surface area contributed by atoms with Gasteiger partial charge in [0.1, 0.15) is 11.4 Å². The molecule has 0 aromatic carbocycles. The molecule has 296 valence electrons. The Morgan fingerprint density at radius 1 is 0.549 bits per heavy atom. The number of ether oxygens (including phenoxy) is 2. The van der Waals surface area contributed by atoms with Crippen LogP contribution in [-0.2, 0) is 9.47 Å². The minimum Gasteiger partial charge on any atom is -0.381 e. The van der Waals surface area contributed by atoms with Crippen molar-refractivity contribution in [2.75, 3.05) is 39.5 Å². The van der Waals surface area contributed by atoms with Gasteiger partial charge in [-0.05, 0) is 55.6 Å². The summed E-state index contributed by atoms with van der Waals surface area (Å²) in [6, 6.07) is 5.01. The van der Waals surface area contributed by atoms with Gasteiger partial charge in [-0.3, -0.25) is 9.59 Å². The molecule has 0 radical (unpaired) electrons. The second kappa shape index (κ2) is 33.8. The van der Waals surface area contributed by atoms with Crippen molar-refractivity contribution < 1.29 is 19.1 Å². The largest absolute Gasteiger partial charge is 0.381 e. The number of rotatable bonds is 36. The van der Waals surface area contributed by atoms with Gasteiger partial charge in [-0.2, -0.15) is 0 Å². The summed E-state index contributed by atoms with van der Waals surface area (Å²) in [5.41, 5.74) is 0.513. The first-order chi connectivity index (χ1) is 24.9. The summed E-state index contributed by atoms with van der Waals surface area (Å²) in [5.74, 6) is 1.31. The van der Waals surface area contributed by atoms with Gasteiger partial charge in [-0.25, -0.2) is 4.98 Å². The quantitative estimate of drug-likeness (QED) is 0.0675. The Labute approximate surface area is 315 Å². The van der Waals surface area contributed by atoms with Crippen LogP contribution in [0.4, 0.5) is 0 Å². The van der Waals surface area contributed by atoms with E-state index in [2.05, 4.69) is 50.2 Å². The number of carbonyl (C=O) groups excluding carboxylic acids is 2. The zero-order chi connectivity index (χ0) is 37.2. The third-order valence-corrected chi connectivity index (χ3v) is 10.4. The third-order valence-electron chi connectivity index (χ3n) is 10.4. The lowest BCUT2D eigenvalue weighted by Gasteiger charge is -2.20. The van der Waals surface area contributed by atoms with Gasteiger partial charge in [0.25, 0.3) is 11.8 Å². The van der Waals surface area contributed by atoms with Crippen LogP contribution in [0.25, 0.3) is 0 Å². The molecule has 0 saturated heterocycles. The van der Waals surface area contributed by atoms with E-state index < -0.39 is 0 Å². The zero-order valence-corrected chi connectivity index (χ0v) is 34.1. The molecule has 0 aliphatic heterocycles. The van der Waals surface area contributed by atoms with Crippen LogP contribution in [0.15, 0.2) is 18.2 Å². The normalized spacial score (nSPS) is 13.2. The van der Waals surface area contributed by atoms with Crippen LogP contribution in [0.3, 0.4) is 0 Å². The number of hydrogen-bond donors (Lipinski definition) is 2. The standard InChI is InChI=1S/C44H81N3O4/c1-6-9-12-15-17-18-20-23-29-40(28-22-19-16-13-10-7-2)37-51-35-26-33-46-44(49)42-31-24-30-41(47-42)43(48)45-32-25-34-50-36-39(5)38(4)27-21-14-11-8-3/h24,30-31,38-40H,6-23,25-29,32-37H2,1-5H3,(H,45,48)(H,46,49). The molecule has 0 aliphatic rings. The molecule has 2 amide bonds. The maximum atomic E-state index is 12.8. The highest BCUT2D eigenvalue weighted by Crippen LogP contribution is 2.21. The molecule has 0 bridgehead atoms. The van der Waals surface area contributed by atoms with Crippen LogP contribution in [0, 0.1) is 17.8 Å². The zero-order valence-electron chi connectivity index (χ0n) is 34.1. The van der Waals surface area contributed by atoms with E-state index in [9.17, 15) is 9.59 Å². The Balaban J connectivity index is 2.29. The summed E-state index contributed by atoms with van der Waals surface area (Å²) >= 11 is 0. The van der Waals surface area contributed by atoms with Crippen LogP contribution < -0.4 is 10.6 Å². The van der Waals surface area contributed by atoms with Gasteiger partial charge in [-0.1, -0.05) is 163 Å². The maximum absolute atomic E-state index is 12.8. The van der Waals surface area contributed by atoms with E-state index in [1.807, 2.05) is 0 Å². The topological polar surface area (TPSA) is 89.5 Å². The van der Waals surface area contributed by atoms with Crippen molar-refractivity contribution in [1.29, 1.82) is 0 Å². The number of aromatic nitrogens is 1. The van der Waals surface area contributed by atoms with Gasteiger partial charge in [0.05, 0.1) is 0 Å². The molecule has 7 heteroatoms. The van der Waals surface area contributed by atoms with Crippen molar-refractivity contribution in [3.8, 4) is 0 Å². The van der Waals surface area contributed by atoms with Crippen molar-refractivity contribution >= 4 is 11.8 Å². The van der Waals surface area contributed by atoms with Crippen LogP contribution in [0.1, 0.15) is 203 Å². The number of carbonyl (C=O) groups is 2. The molecule has 1 heterocycles. The molecule has 51 heavy (non-hydrogen) atoms. The Kier molecular flexibility index (Phi) is 31.2. The average molecular weight is 716 g/mol. The SMILES string of the molecule is CCCCCCCCCCC(CCCCCCCC)COCCCNC(=O)c1cccc(C(=O)NCCCOCC(C)C(C)CCCCCC)n1. The van der Waals surface area contributed by atoms with Gasteiger partial charge in [0, 0.05) is 39.5 Å². The minimum atomic E-state index is -0.269. The van der Waals surface area contributed by atoms with E-state index >= 15 is 0 Å². The highest BCUT2D eigenvalue weighted by atomic mass is 16.5.